The topological polar surface area (TPSA) is 79.2 Å². The second-order valence-electron chi connectivity index (χ2n) is 4.37. The van der Waals surface area contributed by atoms with Gasteiger partial charge in [0.25, 0.3) is 0 Å². The molecule has 0 fully saturated rings. The average Bonchev–Trinajstić information content (AvgIpc) is 2.43. The first-order chi connectivity index (χ1) is 9.93. The largest absolute Gasteiger partial charge is 0.494 e. The van der Waals surface area contributed by atoms with Gasteiger partial charge in [0.1, 0.15) is 18.2 Å². The van der Waals surface area contributed by atoms with E-state index in [0.29, 0.717) is 6.61 Å². The molecule has 0 saturated heterocycles. The van der Waals surface area contributed by atoms with Crippen molar-refractivity contribution in [3.8, 4) is 5.75 Å². The molecular weight excluding hydrogens is 274 g/mol. The van der Waals surface area contributed by atoms with Gasteiger partial charge in [-0.05, 0) is 44.5 Å². The van der Waals surface area contributed by atoms with Crippen LogP contribution >= 0.6 is 0 Å². The number of carbonyl (C=O) groups excluding carboxylic acids is 1. The van der Waals surface area contributed by atoms with Gasteiger partial charge in [-0.15, -0.1) is 0 Å². The standard InChI is InChI=1S/C15H21NO5/c1-4-20-14-8-5-13(6-9-14)7-10-15(19)21-16(11(2)17)12(3)18/h5-12,17-18H,4H2,1-3H3/b10-7+. The summed E-state index contributed by atoms with van der Waals surface area (Å²) in [6.07, 6.45) is 0.578. The van der Waals surface area contributed by atoms with Crippen molar-refractivity contribution < 1.29 is 24.6 Å². The molecule has 0 aliphatic rings. The Morgan fingerprint density at radius 2 is 1.81 bits per heavy atom. The van der Waals surface area contributed by atoms with Crippen LogP contribution in [0.2, 0.25) is 0 Å². The predicted molar refractivity (Wildman–Crippen MR) is 77.9 cm³/mol. The first-order valence-electron chi connectivity index (χ1n) is 6.71. The number of hydroxylamine groups is 2. The minimum absolute atomic E-state index is 0.593. The molecule has 1 aromatic carbocycles. The predicted octanol–water partition coefficient (Wildman–Crippen LogP) is 1.54. The van der Waals surface area contributed by atoms with Crippen molar-refractivity contribution >= 4 is 12.0 Å². The van der Waals surface area contributed by atoms with E-state index in [1.54, 1.807) is 30.3 Å². The second-order valence-corrected chi connectivity index (χ2v) is 4.37. The first-order valence-corrected chi connectivity index (χ1v) is 6.71. The van der Waals surface area contributed by atoms with Gasteiger partial charge in [0.15, 0.2) is 0 Å². The number of rotatable bonds is 7. The van der Waals surface area contributed by atoms with Crippen LogP contribution in [0.25, 0.3) is 6.08 Å². The quantitative estimate of drug-likeness (QED) is 0.451. The van der Waals surface area contributed by atoms with Crippen LogP contribution in [0.1, 0.15) is 26.3 Å². The van der Waals surface area contributed by atoms with E-state index >= 15 is 0 Å². The van der Waals surface area contributed by atoms with E-state index in [2.05, 4.69) is 0 Å². The maximum atomic E-state index is 11.6. The number of ether oxygens (including phenoxy) is 1. The molecule has 0 heterocycles. The maximum Gasteiger partial charge on any atom is 0.349 e. The zero-order valence-electron chi connectivity index (χ0n) is 12.4. The van der Waals surface area contributed by atoms with Crippen LogP contribution in [0, 0.1) is 0 Å². The highest BCUT2D eigenvalue weighted by molar-refractivity contribution is 5.86. The smallest absolute Gasteiger partial charge is 0.349 e. The first kappa shape index (κ1) is 17.2. The molecule has 0 aromatic heterocycles. The van der Waals surface area contributed by atoms with Crippen molar-refractivity contribution in [2.45, 2.75) is 33.2 Å². The third kappa shape index (κ3) is 5.95. The van der Waals surface area contributed by atoms with Crippen LogP contribution in [0.4, 0.5) is 0 Å². The van der Waals surface area contributed by atoms with Gasteiger partial charge >= 0.3 is 5.97 Å². The molecule has 0 aliphatic heterocycles. The summed E-state index contributed by atoms with van der Waals surface area (Å²) in [7, 11) is 0. The number of hydrogen-bond donors (Lipinski definition) is 2. The van der Waals surface area contributed by atoms with Crippen molar-refractivity contribution in [3.05, 3.63) is 35.9 Å². The molecular formula is C15H21NO5. The summed E-state index contributed by atoms with van der Waals surface area (Å²) in [5, 5.41) is 19.5. The highest BCUT2D eigenvalue weighted by Gasteiger charge is 2.20. The van der Waals surface area contributed by atoms with E-state index in [9.17, 15) is 15.0 Å². The van der Waals surface area contributed by atoms with Crippen LogP contribution in [0.15, 0.2) is 30.3 Å². The van der Waals surface area contributed by atoms with Crippen molar-refractivity contribution in [1.82, 2.24) is 5.06 Å². The van der Waals surface area contributed by atoms with Crippen molar-refractivity contribution in [2.24, 2.45) is 0 Å². The molecule has 0 amide bonds. The van der Waals surface area contributed by atoms with Gasteiger partial charge in [0, 0.05) is 6.08 Å². The molecule has 0 saturated carbocycles. The molecule has 1 rings (SSSR count). The zero-order chi connectivity index (χ0) is 15.8. The Morgan fingerprint density at radius 3 is 2.29 bits per heavy atom. The van der Waals surface area contributed by atoms with Crippen molar-refractivity contribution in [1.29, 1.82) is 0 Å². The zero-order valence-corrected chi connectivity index (χ0v) is 12.4. The molecule has 6 nitrogen and oxygen atoms in total. The Kier molecular flexibility index (Phi) is 6.87. The molecule has 6 heteroatoms. The third-order valence-electron chi connectivity index (χ3n) is 2.53. The molecule has 21 heavy (non-hydrogen) atoms. The van der Waals surface area contributed by atoms with E-state index in [1.807, 2.05) is 6.92 Å². The third-order valence-corrected chi connectivity index (χ3v) is 2.53. The van der Waals surface area contributed by atoms with Gasteiger partial charge in [-0.3, -0.25) is 0 Å². The van der Waals surface area contributed by atoms with Gasteiger partial charge < -0.3 is 19.8 Å². The molecule has 2 N–H and O–H groups in total. The second kappa shape index (κ2) is 8.41. The lowest BCUT2D eigenvalue weighted by Gasteiger charge is -2.25. The Hall–Kier alpha value is -1.89. The molecule has 2 atom stereocenters. The van der Waals surface area contributed by atoms with E-state index in [-0.39, 0.29) is 0 Å². The number of carbonyl (C=O) groups is 1. The molecule has 0 bridgehead atoms. The summed E-state index contributed by atoms with van der Waals surface area (Å²) in [6, 6.07) is 7.20. The van der Waals surface area contributed by atoms with Crippen LogP contribution in [0.3, 0.4) is 0 Å². The molecule has 2 unspecified atom stereocenters. The minimum atomic E-state index is -1.10. The van der Waals surface area contributed by atoms with Gasteiger partial charge in [0.2, 0.25) is 0 Å². The van der Waals surface area contributed by atoms with Gasteiger partial charge in [-0.2, -0.15) is 0 Å². The molecule has 1 aromatic rings. The highest BCUT2D eigenvalue weighted by atomic mass is 16.7. The highest BCUT2D eigenvalue weighted by Crippen LogP contribution is 2.13. The van der Waals surface area contributed by atoms with E-state index in [0.717, 1.165) is 16.4 Å². The fourth-order valence-electron chi connectivity index (χ4n) is 1.61. The minimum Gasteiger partial charge on any atom is -0.494 e. The van der Waals surface area contributed by atoms with Gasteiger partial charge in [-0.1, -0.05) is 17.2 Å². The fourth-order valence-corrected chi connectivity index (χ4v) is 1.61. The molecule has 0 aliphatic carbocycles. The summed E-state index contributed by atoms with van der Waals surface area (Å²) in [5.41, 5.74) is 0.802. The van der Waals surface area contributed by atoms with Gasteiger partial charge in [-0.25, -0.2) is 4.79 Å². The number of hydrogen-bond acceptors (Lipinski definition) is 6. The van der Waals surface area contributed by atoms with Crippen LogP contribution in [-0.4, -0.2) is 40.3 Å². The van der Waals surface area contributed by atoms with E-state index < -0.39 is 18.4 Å². The molecule has 0 radical (unpaired) electrons. The van der Waals surface area contributed by atoms with Crippen molar-refractivity contribution in [2.75, 3.05) is 6.61 Å². The maximum absolute atomic E-state index is 11.6. The Morgan fingerprint density at radius 1 is 1.24 bits per heavy atom. The summed E-state index contributed by atoms with van der Waals surface area (Å²) in [5.74, 6) is 0.0669. The van der Waals surface area contributed by atoms with Gasteiger partial charge in [0.05, 0.1) is 6.61 Å². The summed E-state index contributed by atoms with van der Waals surface area (Å²) >= 11 is 0. The number of benzene rings is 1. The van der Waals surface area contributed by atoms with E-state index in [1.165, 1.54) is 19.9 Å². The Bertz CT molecular complexity index is 459. The van der Waals surface area contributed by atoms with E-state index in [4.69, 9.17) is 9.57 Å². The lowest BCUT2D eigenvalue weighted by atomic mass is 10.2. The summed E-state index contributed by atoms with van der Waals surface area (Å²) < 4.78 is 5.31. The SMILES string of the molecule is CCOc1ccc(/C=C/C(=O)ON(C(C)O)C(C)O)cc1. The Labute approximate surface area is 124 Å². The normalized spacial score (nSPS) is 14.2. The van der Waals surface area contributed by atoms with Crippen molar-refractivity contribution in [3.63, 3.8) is 0 Å². The average molecular weight is 295 g/mol. The number of aliphatic hydroxyl groups excluding tert-OH is 2. The van der Waals surface area contributed by atoms with Crippen LogP contribution < -0.4 is 4.74 Å². The molecule has 116 valence electrons. The van der Waals surface area contributed by atoms with Crippen LogP contribution in [0.5, 0.6) is 5.75 Å². The monoisotopic (exact) mass is 295 g/mol. The Balaban J connectivity index is 2.60. The summed E-state index contributed by atoms with van der Waals surface area (Å²) in [4.78, 5) is 16.4. The lowest BCUT2D eigenvalue weighted by Crippen LogP contribution is -2.41. The van der Waals surface area contributed by atoms with Crippen LogP contribution in [-0.2, 0) is 9.63 Å². The summed E-state index contributed by atoms with van der Waals surface area (Å²) in [6.45, 7) is 5.27. The number of nitrogens with zero attached hydrogens (tertiary/aromatic N) is 1. The number of aliphatic hydroxyl groups is 2. The molecule has 0 spiro atoms. The lowest BCUT2D eigenvalue weighted by molar-refractivity contribution is -0.273. The fraction of sp³-hybridized carbons (Fsp3) is 0.400.